The molecule has 5 bridgehead atoms. The minimum absolute atomic E-state index is 0.00255. The third kappa shape index (κ3) is 7.08. The first-order chi connectivity index (χ1) is 23.8. The van der Waals surface area contributed by atoms with Crippen LogP contribution in [0.3, 0.4) is 0 Å². The van der Waals surface area contributed by atoms with Crippen LogP contribution < -0.4 is 10.1 Å². The Labute approximate surface area is 295 Å². The highest BCUT2D eigenvalue weighted by Gasteiger charge is 2.50. The number of carbonyl (C=O) groups is 3. The van der Waals surface area contributed by atoms with Gasteiger partial charge in [0.1, 0.15) is 23.3 Å². The van der Waals surface area contributed by atoms with Crippen molar-refractivity contribution in [3.8, 4) is 28.7 Å². The maximum absolute atomic E-state index is 14.0. The fourth-order valence-corrected chi connectivity index (χ4v) is 6.71. The average Bonchev–Trinajstić information content (AvgIpc) is 3.35. The molecule has 51 heavy (non-hydrogen) atoms. The van der Waals surface area contributed by atoms with E-state index < -0.39 is 111 Å². The van der Waals surface area contributed by atoms with Crippen molar-refractivity contribution >= 4 is 34.1 Å². The summed E-state index contributed by atoms with van der Waals surface area (Å²) in [6.07, 6.45) is 3.25. The van der Waals surface area contributed by atoms with E-state index in [1.807, 2.05) is 0 Å². The van der Waals surface area contributed by atoms with E-state index in [-0.39, 0.29) is 22.4 Å². The third-order valence-corrected chi connectivity index (χ3v) is 9.97. The van der Waals surface area contributed by atoms with Crippen molar-refractivity contribution in [1.82, 2.24) is 0 Å². The standard InChI is InChI=1S/C37H47NO13/c1-15-11-10-12-16(2)36(47)38-26-30(43)24-23(31(44)32(26)45)25-34(20(6)29(24)42)51-37(8,35(25)46)49-14-13-22(48-9)17(3)33(50-21(7)39)19(5)28(41)18(4)27(15)40/h10-15,17-19,22,27-28,33,40-45H,1-9H3,(H,38,47). The van der Waals surface area contributed by atoms with E-state index >= 15 is 0 Å². The van der Waals surface area contributed by atoms with Gasteiger partial charge in [0.2, 0.25) is 0 Å². The lowest BCUT2D eigenvalue weighted by atomic mass is 9.78. The lowest BCUT2D eigenvalue weighted by molar-refractivity contribution is -0.160. The highest BCUT2D eigenvalue weighted by Crippen LogP contribution is 2.57. The summed E-state index contributed by atoms with van der Waals surface area (Å²) < 4.78 is 23.1. The highest BCUT2D eigenvalue weighted by atomic mass is 16.7. The van der Waals surface area contributed by atoms with Gasteiger partial charge in [-0.25, -0.2) is 0 Å². The van der Waals surface area contributed by atoms with Gasteiger partial charge in [0.05, 0.1) is 35.5 Å². The minimum Gasteiger partial charge on any atom is -0.507 e. The number of methoxy groups -OCH3 is 1. The number of rotatable bonds is 2. The Morgan fingerprint density at radius 2 is 1.53 bits per heavy atom. The Morgan fingerprint density at radius 3 is 2.14 bits per heavy atom. The number of phenols is 4. The molecule has 3 aliphatic heterocycles. The van der Waals surface area contributed by atoms with Gasteiger partial charge in [0, 0.05) is 61.2 Å². The molecule has 1 amide bonds. The van der Waals surface area contributed by atoms with Crippen molar-refractivity contribution < 1.29 is 64.0 Å². The van der Waals surface area contributed by atoms with Crippen molar-refractivity contribution in [3.63, 3.8) is 0 Å². The summed E-state index contributed by atoms with van der Waals surface area (Å²) in [6, 6.07) is 0. The van der Waals surface area contributed by atoms with Gasteiger partial charge in [-0.05, 0) is 19.9 Å². The summed E-state index contributed by atoms with van der Waals surface area (Å²) in [5.41, 5.74) is -0.830. The summed E-state index contributed by atoms with van der Waals surface area (Å²) in [5.74, 6) is -10.3. The van der Waals surface area contributed by atoms with E-state index in [1.54, 1.807) is 33.8 Å². The molecule has 0 spiro atoms. The molecule has 9 atom stereocenters. The van der Waals surface area contributed by atoms with Gasteiger partial charge >= 0.3 is 11.8 Å². The molecular formula is C37H47NO13. The Kier molecular flexibility index (Phi) is 11.3. The number of hydrogen-bond acceptors (Lipinski definition) is 13. The predicted octanol–water partition coefficient (Wildman–Crippen LogP) is 4.46. The smallest absolute Gasteiger partial charge is 0.312 e. The van der Waals surface area contributed by atoms with E-state index in [0.29, 0.717) is 0 Å². The molecule has 14 nitrogen and oxygen atoms in total. The van der Waals surface area contributed by atoms with Crippen LogP contribution in [0.4, 0.5) is 5.69 Å². The van der Waals surface area contributed by atoms with E-state index in [1.165, 1.54) is 53.0 Å². The minimum atomic E-state index is -2.07. The van der Waals surface area contributed by atoms with Gasteiger partial charge in [-0.2, -0.15) is 0 Å². The molecule has 3 heterocycles. The van der Waals surface area contributed by atoms with Crippen molar-refractivity contribution in [2.75, 3.05) is 12.4 Å². The molecule has 14 heteroatoms. The van der Waals surface area contributed by atoms with Crippen LogP contribution in [-0.4, -0.2) is 85.6 Å². The number of Topliss-reactive ketones (excluding diaryl/α,β-unsaturated/α-hetero) is 1. The Balaban J connectivity index is 1.90. The van der Waals surface area contributed by atoms with Gasteiger partial charge in [0.25, 0.3) is 11.7 Å². The highest BCUT2D eigenvalue weighted by molar-refractivity contribution is 6.22. The SMILES string of the molecule is COC1C=COC2(C)Oc3c(C)c(O)c4c(O)c(c(O)c(O)c4c3C2=O)NC(=O)C(C)=CC=CC(C)C(O)C(C)C(O)C(C)C(OC(C)=O)C1C. The number of fused-ring (bicyclic) bond motifs is 14. The maximum atomic E-state index is 14.0. The van der Waals surface area contributed by atoms with Crippen molar-refractivity contribution in [1.29, 1.82) is 0 Å². The molecule has 3 aliphatic rings. The number of anilines is 1. The summed E-state index contributed by atoms with van der Waals surface area (Å²) >= 11 is 0. The van der Waals surface area contributed by atoms with Crippen LogP contribution in [0.15, 0.2) is 36.1 Å². The Morgan fingerprint density at radius 1 is 0.882 bits per heavy atom. The van der Waals surface area contributed by atoms with E-state index in [2.05, 4.69) is 5.32 Å². The summed E-state index contributed by atoms with van der Waals surface area (Å²) in [7, 11) is 1.41. The number of hydrogen-bond donors (Lipinski definition) is 7. The maximum Gasteiger partial charge on any atom is 0.312 e. The number of ketones is 1. The molecule has 0 radical (unpaired) electrons. The van der Waals surface area contributed by atoms with Crippen LogP contribution in [0.5, 0.6) is 28.7 Å². The fourth-order valence-electron chi connectivity index (χ4n) is 6.71. The quantitative estimate of drug-likeness (QED) is 0.130. The summed E-state index contributed by atoms with van der Waals surface area (Å²) in [6.45, 7) is 12.2. The number of amides is 1. The fraction of sp³-hybridized carbons (Fsp3) is 0.486. The number of esters is 1. The number of aliphatic hydroxyl groups excluding tert-OH is 2. The number of nitrogens with one attached hydrogen (secondary N) is 1. The Bertz CT molecular complexity index is 1810. The summed E-state index contributed by atoms with van der Waals surface area (Å²) in [5, 5.41) is 68.6. The lowest BCUT2D eigenvalue weighted by Crippen LogP contribution is -2.46. The van der Waals surface area contributed by atoms with E-state index in [4.69, 9.17) is 18.9 Å². The zero-order valence-corrected chi connectivity index (χ0v) is 30.0. The predicted molar refractivity (Wildman–Crippen MR) is 185 cm³/mol. The van der Waals surface area contributed by atoms with Gasteiger partial charge in [-0.3, -0.25) is 14.4 Å². The summed E-state index contributed by atoms with van der Waals surface area (Å²) in [4.78, 5) is 39.3. The number of aliphatic hydroxyl groups is 2. The molecule has 0 fully saturated rings. The first-order valence-corrected chi connectivity index (χ1v) is 16.6. The number of benzene rings is 2. The van der Waals surface area contributed by atoms with E-state index in [0.717, 1.165) is 6.26 Å². The van der Waals surface area contributed by atoms with Crippen LogP contribution in [0.2, 0.25) is 0 Å². The largest absolute Gasteiger partial charge is 0.507 e. The van der Waals surface area contributed by atoms with Crippen molar-refractivity contribution in [2.24, 2.45) is 23.7 Å². The van der Waals surface area contributed by atoms with Crippen LogP contribution in [0, 0.1) is 30.6 Å². The molecule has 9 unspecified atom stereocenters. The first kappa shape index (κ1) is 39.0. The van der Waals surface area contributed by atoms with Crippen molar-refractivity contribution in [3.05, 3.63) is 47.3 Å². The third-order valence-electron chi connectivity index (χ3n) is 9.97. The molecule has 7 N–H and O–H groups in total. The molecule has 278 valence electrons. The molecule has 2 aromatic carbocycles. The van der Waals surface area contributed by atoms with Gasteiger partial charge in [-0.1, -0.05) is 45.9 Å². The first-order valence-electron chi connectivity index (χ1n) is 16.6. The van der Waals surface area contributed by atoms with Crippen LogP contribution in [0.1, 0.15) is 64.4 Å². The molecule has 0 aliphatic carbocycles. The number of aromatic hydroxyl groups is 4. The number of phenolic OH excluding ortho intramolecular Hbond substituents is 4. The van der Waals surface area contributed by atoms with Gasteiger partial charge in [-0.15, -0.1) is 0 Å². The van der Waals surface area contributed by atoms with Crippen LogP contribution in [-0.2, 0) is 23.8 Å². The number of ether oxygens (including phenoxy) is 4. The Hall–Kier alpha value is -4.79. The second kappa shape index (κ2) is 14.8. The monoisotopic (exact) mass is 713 g/mol. The lowest BCUT2D eigenvalue weighted by Gasteiger charge is -2.38. The number of carbonyl (C=O) groups excluding carboxylic acids is 3. The average molecular weight is 714 g/mol. The number of allylic oxidation sites excluding steroid dienone is 2. The molecule has 2 aromatic rings. The molecule has 0 aromatic heterocycles. The molecule has 0 saturated carbocycles. The van der Waals surface area contributed by atoms with E-state index in [9.17, 15) is 45.0 Å². The molecular weight excluding hydrogens is 666 g/mol. The van der Waals surface area contributed by atoms with Gasteiger partial charge in [0.15, 0.2) is 17.2 Å². The normalized spacial score (nSPS) is 30.5. The van der Waals surface area contributed by atoms with Crippen molar-refractivity contribution in [2.45, 2.75) is 85.6 Å². The van der Waals surface area contributed by atoms with Crippen LogP contribution >= 0.6 is 0 Å². The van der Waals surface area contributed by atoms with Gasteiger partial charge < -0.3 is 54.9 Å². The second-order valence-electron chi connectivity index (χ2n) is 13.6. The topological polar surface area (TPSA) is 222 Å². The molecule has 5 rings (SSSR count). The molecule has 0 saturated heterocycles. The second-order valence-corrected chi connectivity index (χ2v) is 13.6. The zero-order valence-electron chi connectivity index (χ0n) is 30.0. The zero-order chi connectivity index (χ0) is 38.3. The van der Waals surface area contributed by atoms with Crippen LogP contribution in [0.25, 0.3) is 10.8 Å².